The molecule has 1 amide bonds. The van der Waals surface area contributed by atoms with Crippen LogP contribution in [-0.2, 0) is 6.54 Å². The molecule has 2 aromatic rings. The Balaban J connectivity index is 1.64. The fraction of sp³-hybridized carbons (Fsp3) is 0.429. The molecule has 1 aromatic carbocycles. The Morgan fingerprint density at radius 2 is 1.77 bits per heavy atom. The first-order valence-corrected chi connectivity index (χ1v) is 9.14. The predicted octanol–water partition coefficient (Wildman–Crippen LogP) is 3.10. The van der Waals surface area contributed by atoms with Crippen LogP contribution in [0.1, 0.15) is 50.2 Å². The highest BCUT2D eigenvalue weighted by Gasteiger charge is 2.26. The summed E-state index contributed by atoms with van der Waals surface area (Å²) in [5.74, 6) is -0.00780. The maximum atomic E-state index is 12.9. The Morgan fingerprint density at radius 3 is 2.35 bits per heavy atom. The number of ketones is 1. The Bertz CT molecular complexity index is 830. The SMILES string of the molecule is CC(=O)c1c(C)[nH]c(C(=O)N2CCN(Cc3cccc(C)c3)CC2)c1C. The molecule has 1 aromatic heterocycles. The van der Waals surface area contributed by atoms with Crippen molar-refractivity contribution in [1.29, 1.82) is 0 Å². The minimum absolute atomic E-state index is 0.00160. The molecule has 5 nitrogen and oxygen atoms in total. The van der Waals surface area contributed by atoms with Crippen LogP contribution in [0.4, 0.5) is 0 Å². The number of rotatable bonds is 4. The van der Waals surface area contributed by atoms with Gasteiger partial charge in [-0.3, -0.25) is 14.5 Å². The van der Waals surface area contributed by atoms with Gasteiger partial charge in [0.2, 0.25) is 0 Å². The Morgan fingerprint density at radius 1 is 1.08 bits per heavy atom. The summed E-state index contributed by atoms with van der Waals surface area (Å²) >= 11 is 0. The minimum atomic E-state index is -0.00620. The standard InChI is InChI=1S/C21H27N3O2/c1-14-6-5-7-18(12-14)13-23-8-10-24(11-9-23)21(26)20-15(2)19(17(4)25)16(3)22-20/h5-7,12,22H,8-11,13H2,1-4H3. The molecule has 0 saturated carbocycles. The van der Waals surface area contributed by atoms with E-state index in [2.05, 4.69) is 41.1 Å². The number of amides is 1. The summed E-state index contributed by atoms with van der Waals surface area (Å²) in [4.78, 5) is 32.1. The monoisotopic (exact) mass is 353 g/mol. The topological polar surface area (TPSA) is 56.4 Å². The lowest BCUT2D eigenvalue weighted by Crippen LogP contribution is -2.48. The van der Waals surface area contributed by atoms with Crippen molar-refractivity contribution >= 4 is 11.7 Å². The van der Waals surface area contributed by atoms with Gasteiger partial charge in [0.1, 0.15) is 5.69 Å². The highest BCUT2D eigenvalue weighted by atomic mass is 16.2. The van der Waals surface area contributed by atoms with Crippen LogP contribution in [0.15, 0.2) is 24.3 Å². The van der Waals surface area contributed by atoms with Gasteiger partial charge in [-0.2, -0.15) is 0 Å². The summed E-state index contributed by atoms with van der Waals surface area (Å²) in [5, 5.41) is 0. The van der Waals surface area contributed by atoms with E-state index in [1.54, 1.807) is 6.92 Å². The number of aromatic amines is 1. The highest BCUT2D eigenvalue weighted by molar-refractivity contribution is 6.02. The van der Waals surface area contributed by atoms with Crippen LogP contribution in [-0.4, -0.2) is 52.7 Å². The molecule has 0 bridgehead atoms. The van der Waals surface area contributed by atoms with Gasteiger partial charge in [-0.15, -0.1) is 0 Å². The van der Waals surface area contributed by atoms with Gasteiger partial charge in [0.15, 0.2) is 5.78 Å². The van der Waals surface area contributed by atoms with Gasteiger partial charge >= 0.3 is 0 Å². The molecule has 1 fully saturated rings. The van der Waals surface area contributed by atoms with Crippen LogP contribution in [0.2, 0.25) is 0 Å². The molecular weight excluding hydrogens is 326 g/mol. The third kappa shape index (κ3) is 3.73. The molecule has 1 aliphatic heterocycles. The average molecular weight is 353 g/mol. The van der Waals surface area contributed by atoms with Crippen LogP contribution in [0.25, 0.3) is 0 Å². The molecule has 2 heterocycles. The van der Waals surface area contributed by atoms with E-state index in [9.17, 15) is 9.59 Å². The number of Topliss-reactive ketones (excluding diaryl/α,β-unsaturated/α-hetero) is 1. The van der Waals surface area contributed by atoms with Gasteiger partial charge in [0.25, 0.3) is 5.91 Å². The minimum Gasteiger partial charge on any atom is -0.354 e. The van der Waals surface area contributed by atoms with Gasteiger partial charge in [-0.05, 0) is 38.8 Å². The number of carbonyl (C=O) groups is 2. The zero-order chi connectivity index (χ0) is 18.8. The summed E-state index contributed by atoms with van der Waals surface area (Å²) < 4.78 is 0. The zero-order valence-corrected chi connectivity index (χ0v) is 16.1. The van der Waals surface area contributed by atoms with Gasteiger partial charge in [0, 0.05) is 44.0 Å². The van der Waals surface area contributed by atoms with Crippen molar-refractivity contribution in [2.24, 2.45) is 0 Å². The van der Waals surface area contributed by atoms with E-state index in [0.29, 0.717) is 24.3 Å². The van der Waals surface area contributed by atoms with Crippen molar-refractivity contribution in [3.05, 3.63) is 57.9 Å². The number of hydrogen-bond donors (Lipinski definition) is 1. The first-order chi connectivity index (χ1) is 12.4. The smallest absolute Gasteiger partial charge is 0.270 e. The van der Waals surface area contributed by atoms with Crippen molar-refractivity contribution in [2.45, 2.75) is 34.2 Å². The number of piperazine rings is 1. The number of nitrogens with one attached hydrogen (secondary N) is 1. The normalized spacial score (nSPS) is 15.3. The van der Waals surface area contributed by atoms with E-state index in [-0.39, 0.29) is 11.7 Å². The molecule has 0 aliphatic carbocycles. The zero-order valence-electron chi connectivity index (χ0n) is 16.1. The number of benzene rings is 1. The fourth-order valence-corrected chi connectivity index (χ4v) is 3.83. The molecular formula is C21H27N3O2. The first kappa shape index (κ1) is 18.4. The number of carbonyl (C=O) groups excluding carboxylic acids is 2. The molecule has 1 N–H and O–H groups in total. The summed E-state index contributed by atoms with van der Waals surface area (Å²) in [6.07, 6.45) is 0. The van der Waals surface area contributed by atoms with E-state index in [0.717, 1.165) is 30.9 Å². The van der Waals surface area contributed by atoms with Crippen LogP contribution in [0.5, 0.6) is 0 Å². The van der Waals surface area contributed by atoms with E-state index in [1.165, 1.54) is 11.1 Å². The molecule has 1 saturated heterocycles. The van der Waals surface area contributed by atoms with Crippen molar-refractivity contribution in [3.8, 4) is 0 Å². The second-order valence-corrected chi connectivity index (χ2v) is 7.24. The lowest BCUT2D eigenvalue weighted by atomic mass is 10.1. The van der Waals surface area contributed by atoms with Gasteiger partial charge in [-0.25, -0.2) is 0 Å². The quantitative estimate of drug-likeness (QED) is 0.860. The second kappa shape index (κ2) is 7.46. The largest absolute Gasteiger partial charge is 0.354 e. The third-order valence-corrected chi connectivity index (χ3v) is 5.15. The highest BCUT2D eigenvalue weighted by Crippen LogP contribution is 2.21. The molecule has 3 rings (SSSR count). The molecule has 138 valence electrons. The maximum absolute atomic E-state index is 12.9. The first-order valence-electron chi connectivity index (χ1n) is 9.14. The number of H-pyrrole nitrogens is 1. The second-order valence-electron chi connectivity index (χ2n) is 7.24. The van der Waals surface area contributed by atoms with Gasteiger partial charge in [0.05, 0.1) is 0 Å². The predicted molar refractivity (Wildman–Crippen MR) is 103 cm³/mol. The van der Waals surface area contributed by atoms with Gasteiger partial charge < -0.3 is 9.88 Å². The lowest BCUT2D eigenvalue weighted by molar-refractivity contribution is 0.0622. The van der Waals surface area contributed by atoms with Gasteiger partial charge in [-0.1, -0.05) is 29.8 Å². The van der Waals surface area contributed by atoms with Crippen molar-refractivity contribution in [1.82, 2.24) is 14.8 Å². The molecule has 0 radical (unpaired) electrons. The average Bonchev–Trinajstić information content (AvgIpc) is 2.89. The summed E-state index contributed by atoms with van der Waals surface area (Å²) in [7, 11) is 0. The Labute approximate surface area is 155 Å². The number of hydrogen-bond acceptors (Lipinski definition) is 3. The molecule has 0 spiro atoms. The van der Waals surface area contributed by atoms with E-state index in [4.69, 9.17) is 0 Å². The van der Waals surface area contributed by atoms with Crippen LogP contribution >= 0.6 is 0 Å². The Hall–Kier alpha value is -2.40. The molecule has 1 aliphatic rings. The van der Waals surface area contributed by atoms with Crippen molar-refractivity contribution in [2.75, 3.05) is 26.2 Å². The number of nitrogens with zero attached hydrogens (tertiary/aromatic N) is 2. The third-order valence-electron chi connectivity index (χ3n) is 5.15. The molecule has 5 heteroatoms. The van der Waals surface area contributed by atoms with E-state index in [1.807, 2.05) is 18.7 Å². The fourth-order valence-electron chi connectivity index (χ4n) is 3.83. The number of aromatic nitrogens is 1. The summed E-state index contributed by atoms with van der Waals surface area (Å²) in [6, 6.07) is 8.56. The molecule has 26 heavy (non-hydrogen) atoms. The van der Waals surface area contributed by atoms with E-state index < -0.39 is 0 Å². The molecule has 0 atom stereocenters. The van der Waals surface area contributed by atoms with E-state index >= 15 is 0 Å². The number of aryl methyl sites for hydroxylation is 2. The van der Waals surface area contributed by atoms with Crippen LogP contribution in [0.3, 0.4) is 0 Å². The lowest BCUT2D eigenvalue weighted by Gasteiger charge is -2.34. The Kier molecular flexibility index (Phi) is 5.28. The maximum Gasteiger partial charge on any atom is 0.270 e. The molecule has 0 unspecified atom stereocenters. The summed E-state index contributed by atoms with van der Waals surface area (Å²) in [5.41, 5.74) is 5.33. The van der Waals surface area contributed by atoms with Crippen LogP contribution < -0.4 is 0 Å². The van der Waals surface area contributed by atoms with Crippen molar-refractivity contribution < 1.29 is 9.59 Å². The summed E-state index contributed by atoms with van der Waals surface area (Å²) in [6.45, 7) is 11.4. The van der Waals surface area contributed by atoms with Crippen molar-refractivity contribution in [3.63, 3.8) is 0 Å². The van der Waals surface area contributed by atoms with Crippen LogP contribution in [0, 0.1) is 20.8 Å².